The van der Waals surface area contributed by atoms with Gasteiger partial charge in [0.1, 0.15) is 11.5 Å². The van der Waals surface area contributed by atoms with E-state index in [1.807, 2.05) is 29.2 Å². The molecule has 3 rings (SSSR count). The van der Waals surface area contributed by atoms with Gasteiger partial charge in [-0.25, -0.2) is 5.43 Å². The van der Waals surface area contributed by atoms with E-state index >= 15 is 0 Å². The van der Waals surface area contributed by atoms with Crippen molar-refractivity contribution in [2.45, 2.75) is 25.7 Å². The maximum atomic E-state index is 12.6. The lowest BCUT2D eigenvalue weighted by Gasteiger charge is -2.23. The van der Waals surface area contributed by atoms with Crippen molar-refractivity contribution in [3.05, 3.63) is 29.8 Å². The van der Waals surface area contributed by atoms with Crippen LogP contribution < -0.4 is 10.2 Å². The van der Waals surface area contributed by atoms with Crippen molar-refractivity contribution in [2.24, 2.45) is 5.10 Å². The monoisotopic (exact) mass is 372 g/mol. The van der Waals surface area contributed by atoms with Crippen LogP contribution in [0.5, 0.6) is 5.75 Å². The number of hydrogen-bond donors (Lipinski definition) is 1. The summed E-state index contributed by atoms with van der Waals surface area (Å²) in [5.74, 6) is 0.492. The first-order valence-electron chi connectivity index (χ1n) is 9.12. The van der Waals surface area contributed by atoms with Gasteiger partial charge in [-0.1, -0.05) is 12.1 Å². The van der Waals surface area contributed by atoms with Crippen LogP contribution in [0.2, 0.25) is 0 Å². The molecular formula is C19H24N4O4. The van der Waals surface area contributed by atoms with Crippen molar-refractivity contribution >= 4 is 23.4 Å². The van der Waals surface area contributed by atoms with Crippen LogP contribution in [-0.4, -0.2) is 66.5 Å². The van der Waals surface area contributed by atoms with Gasteiger partial charge in [-0.05, 0) is 24.1 Å². The van der Waals surface area contributed by atoms with Gasteiger partial charge in [0, 0.05) is 39.0 Å². The molecule has 0 aliphatic carbocycles. The Morgan fingerprint density at radius 2 is 1.78 bits per heavy atom. The van der Waals surface area contributed by atoms with Gasteiger partial charge >= 0.3 is 0 Å². The molecule has 3 amide bonds. The largest absolute Gasteiger partial charge is 0.497 e. The first-order valence-corrected chi connectivity index (χ1v) is 9.12. The van der Waals surface area contributed by atoms with Gasteiger partial charge in [0.05, 0.1) is 13.5 Å². The zero-order valence-electron chi connectivity index (χ0n) is 15.4. The third-order valence-electron chi connectivity index (χ3n) is 4.80. The second kappa shape index (κ2) is 8.66. The Hall–Kier alpha value is -2.90. The molecule has 1 N–H and O–H groups in total. The van der Waals surface area contributed by atoms with Crippen molar-refractivity contribution < 1.29 is 19.1 Å². The van der Waals surface area contributed by atoms with Gasteiger partial charge in [-0.15, -0.1) is 0 Å². The van der Waals surface area contributed by atoms with Crippen molar-refractivity contribution in [3.63, 3.8) is 0 Å². The summed E-state index contributed by atoms with van der Waals surface area (Å²) < 4.78 is 5.13. The number of amides is 3. The Morgan fingerprint density at radius 1 is 1.07 bits per heavy atom. The number of carbonyl (C=O) groups excluding carboxylic acids is 3. The first kappa shape index (κ1) is 18.9. The number of ether oxygens (including phenoxy) is 1. The van der Waals surface area contributed by atoms with Crippen LogP contribution >= 0.6 is 0 Å². The summed E-state index contributed by atoms with van der Waals surface area (Å²) in [5, 5.41) is 3.88. The second-order valence-electron chi connectivity index (χ2n) is 6.64. The molecule has 0 saturated carbocycles. The third-order valence-corrected chi connectivity index (χ3v) is 4.80. The number of benzene rings is 1. The molecule has 8 nitrogen and oxygen atoms in total. The minimum absolute atomic E-state index is 0.0525. The molecule has 0 aromatic heterocycles. The van der Waals surface area contributed by atoms with E-state index in [1.54, 1.807) is 12.0 Å². The number of nitrogens with one attached hydrogen (secondary N) is 1. The van der Waals surface area contributed by atoms with E-state index in [-0.39, 0.29) is 24.1 Å². The van der Waals surface area contributed by atoms with Gasteiger partial charge in [0.15, 0.2) is 0 Å². The molecule has 27 heavy (non-hydrogen) atoms. The first-order chi connectivity index (χ1) is 13.1. The molecule has 0 atom stereocenters. The molecule has 2 aliphatic heterocycles. The average Bonchev–Trinajstić information content (AvgIpc) is 2.95. The van der Waals surface area contributed by atoms with Gasteiger partial charge in [0.2, 0.25) is 11.8 Å². The Bertz CT molecular complexity index is 745. The van der Waals surface area contributed by atoms with Crippen molar-refractivity contribution in [2.75, 3.05) is 33.3 Å². The van der Waals surface area contributed by atoms with Crippen LogP contribution in [0.25, 0.3) is 0 Å². The summed E-state index contributed by atoms with van der Waals surface area (Å²) in [5.41, 5.74) is 3.68. The highest BCUT2D eigenvalue weighted by Crippen LogP contribution is 2.14. The summed E-state index contributed by atoms with van der Waals surface area (Å²) >= 11 is 0. The van der Waals surface area contributed by atoms with E-state index < -0.39 is 0 Å². The SMILES string of the molecule is COc1ccc(CC(=O)N2CCCN(C(=O)C3=NNC(=O)CC3)CC2)cc1. The molecule has 1 aromatic rings. The van der Waals surface area contributed by atoms with Crippen LogP contribution in [0.15, 0.2) is 29.4 Å². The van der Waals surface area contributed by atoms with Gasteiger partial charge in [-0.2, -0.15) is 5.10 Å². The number of carbonyl (C=O) groups is 3. The maximum Gasteiger partial charge on any atom is 0.270 e. The van der Waals surface area contributed by atoms with Crippen LogP contribution in [0.1, 0.15) is 24.8 Å². The summed E-state index contributed by atoms with van der Waals surface area (Å²) in [6.07, 6.45) is 1.70. The van der Waals surface area contributed by atoms with Crippen LogP contribution in [0.3, 0.4) is 0 Å². The van der Waals surface area contributed by atoms with Gasteiger partial charge < -0.3 is 14.5 Å². The highest BCUT2D eigenvalue weighted by atomic mass is 16.5. The molecule has 0 unspecified atom stereocenters. The Labute approximate surface area is 158 Å². The van der Waals surface area contributed by atoms with E-state index in [0.717, 1.165) is 17.7 Å². The minimum Gasteiger partial charge on any atom is -0.497 e. The van der Waals surface area contributed by atoms with E-state index in [0.29, 0.717) is 44.7 Å². The van der Waals surface area contributed by atoms with Crippen molar-refractivity contribution in [1.82, 2.24) is 15.2 Å². The summed E-state index contributed by atoms with van der Waals surface area (Å²) in [6, 6.07) is 7.46. The molecule has 1 fully saturated rings. The normalized spacial score (nSPS) is 17.7. The molecule has 0 spiro atoms. The molecular weight excluding hydrogens is 348 g/mol. The summed E-state index contributed by atoms with van der Waals surface area (Å²) in [6.45, 7) is 2.18. The average molecular weight is 372 g/mol. The number of methoxy groups -OCH3 is 1. The Morgan fingerprint density at radius 3 is 2.44 bits per heavy atom. The maximum absolute atomic E-state index is 12.6. The standard InChI is InChI=1S/C19H24N4O4/c1-27-15-5-3-14(4-6-15)13-18(25)22-9-2-10-23(12-11-22)19(26)16-7-8-17(24)21-20-16/h3-6H,2,7-13H2,1H3,(H,21,24). The lowest BCUT2D eigenvalue weighted by atomic mass is 10.1. The van der Waals surface area contributed by atoms with Crippen LogP contribution in [0, 0.1) is 0 Å². The Balaban J connectivity index is 1.55. The third kappa shape index (κ3) is 4.84. The van der Waals surface area contributed by atoms with Gasteiger partial charge in [0.25, 0.3) is 5.91 Å². The predicted octanol–water partition coefficient (Wildman–Crippen LogP) is 0.565. The summed E-state index contributed by atoms with van der Waals surface area (Å²) in [7, 11) is 1.61. The predicted molar refractivity (Wildman–Crippen MR) is 99.3 cm³/mol. The van der Waals surface area contributed by atoms with Crippen LogP contribution in [0.4, 0.5) is 0 Å². The number of nitrogens with zero attached hydrogens (tertiary/aromatic N) is 3. The number of hydrazone groups is 1. The molecule has 1 saturated heterocycles. The van der Waals surface area contributed by atoms with Gasteiger partial charge in [-0.3, -0.25) is 14.4 Å². The lowest BCUT2D eigenvalue weighted by molar-refractivity contribution is -0.131. The lowest BCUT2D eigenvalue weighted by Crippen LogP contribution is -2.42. The summed E-state index contributed by atoms with van der Waals surface area (Å²) in [4.78, 5) is 39.9. The topological polar surface area (TPSA) is 91.3 Å². The zero-order valence-corrected chi connectivity index (χ0v) is 15.4. The molecule has 2 heterocycles. The number of rotatable bonds is 4. The van der Waals surface area contributed by atoms with E-state index in [9.17, 15) is 14.4 Å². The molecule has 1 aromatic carbocycles. The number of hydrogen-bond acceptors (Lipinski definition) is 5. The van der Waals surface area contributed by atoms with E-state index in [1.165, 1.54) is 0 Å². The second-order valence-corrected chi connectivity index (χ2v) is 6.64. The molecule has 8 heteroatoms. The fourth-order valence-electron chi connectivity index (χ4n) is 3.21. The van der Waals surface area contributed by atoms with E-state index in [4.69, 9.17) is 4.74 Å². The smallest absolute Gasteiger partial charge is 0.270 e. The molecule has 0 bridgehead atoms. The molecule has 0 radical (unpaired) electrons. The highest BCUT2D eigenvalue weighted by Gasteiger charge is 2.26. The highest BCUT2D eigenvalue weighted by molar-refractivity contribution is 6.39. The quantitative estimate of drug-likeness (QED) is 0.836. The van der Waals surface area contributed by atoms with Crippen molar-refractivity contribution in [3.8, 4) is 5.75 Å². The fourth-order valence-corrected chi connectivity index (χ4v) is 3.21. The zero-order chi connectivity index (χ0) is 19.2. The molecule has 2 aliphatic rings. The minimum atomic E-state index is -0.169. The van der Waals surface area contributed by atoms with Crippen LogP contribution in [-0.2, 0) is 20.8 Å². The molecule has 144 valence electrons. The van der Waals surface area contributed by atoms with E-state index in [2.05, 4.69) is 10.5 Å². The Kier molecular flexibility index (Phi) is 6.05. The fraction of sp³-hybridized carbons (Fsp3) is 0.474. The van der Waals surface area contributed by atoms with Crippen molar-refractivity contribution in [1.29, 1.82) is 0 Å².